The van der Waals surface area contributed by atoms with Gasteiger partial charge in [0.15, 0.2) is 0 Å². The molecule has 18 heavy (non-hydrogen) atoms. The second-order valence-corrected chi connectivity index (χ2v) is 3.36. The quantitative estimate of drug-likeness (QED) is 0.782. The molecule has 0 atom stereocenters. The topological polar surface area (TPSA) is 97.0 Å². The van der Waals surface area contributed by atoms with E-state index in [4.69, 9.17) is 0 Å². The Bertz CT molecular complexity index is 565. The number of amides is 1. The van der Waals surface area contributed by atoms with Gasteiger partial charge in [-0.15, -0.1) is 0 Å². The first-order valence-electron chi connectivity index (χ1n) is 5.06. The van der Waals surface area contributed by atoms with Crippen molar-refractivity contribution in [1.82, 2.24) is 15.2 Å². The molecule has 0 saturated heterocycles. The molecule has 0 saturated carbocycles. The molecule has 1 aromatic heterocycles. The number of carbonyl (C=O) groups is 2. The zero-order chi connectivity index (χ0) is 13.0. The Hall–Kier alpha value is -2.70. The predicted molar refractivity (Wildman–Crippen MR) is 62.1 cm³/mol. The van der Waals surface area contributed by atoms with Gasteiger partial charge in [0.1, 0.15) is 6.33 Å². The van der Waals surface area contributed by atoms with E-state index in [0.29, 0.717) is 11.3 Å². The van der Waals surface area contributed by atoms with E-state index in [-0.39, 0.29) is 5.82 Å². The van der Waals surface area contributed by atoms with Crippen molar-refractivity contribution in [2.45, 2.75) is 0 Å². The maximum atomic E-state index is 11.7. The Kier molecular flexibility index (Phi) is 3.33. The van der Waals surface area contributed by atoms with Gasteiger partial charge < -0.3 is 10.1 Å². The van der Waals surface area contributed by atoms with Gasteiger partial charge in [-0.3, -0.25) is 9.89 Å². The Morgan fingerprint density at radius 1 is 1.39 bits per heavy atom. The number of nitrogens with one attached hydrogen (secondary N) is 2. The molecule has 1 amide bonds. The summed E-state index contributed by atoms with van der Waals surface area (Å²) in [6.45, 7) is 0. The summed E-state index contributed by atoms with van der Waals surface area (Å²) in [6, 6.07) is 6.40. The monoisotopic (exact) mass is 246 g/mol. The van der Waals surface area contributed by atoms with E-state index in [2.05, 4.69) is 25.2 Å². The van der Waals surface area contributed by atoms with E-state index in [9.17, 15) is 9.59 Å². The van der Waals surface area contributed by atoms with Crippen molar-refractivity contribution in [1.29, 1.82) is 0 Å². The van der Waals surface area contributed by atoms with Crippen molar-refractivity contribution in [2.24, 2.45) is 0 Å². The third-order valence-corrected chi connectivity index (χ3v) is 2.17. The Balaban J connectivity index is 2.15. The van der Waals surface area contributed by atoms with Crippen LogP contribution in [-0.4, -0.2) is 34.2 Å². The number of nitrogens with zero attached hydrogens (tertiary/aromatic N) is 2. The normalized spacial score (nSPS) is 9.83. The summed E-state index contributed by atoms with van der Waals surface area (Å²) in [5, 5.41) is 8.60. The Labute approximate surface area is 102 Å². The van der Waals surface area contributed by atoms with Gasteiger partial charge in [0, 0.05) is 5.69 Å². The van der Waals surface area contributed by atoms with E-state index in [1.807, 2.05) is 0 Å². The summed E-state index contributed by atoms with van der Waals surface area (Å²) < 4.78 is 4.59. The number of carbonyl (C=O) groups excluding carboxylic acids is 2. The van der Waals surface area contributed by atoms with Crippen molar-refractivity contribution in [2.75, 3.05) is 12.4 Å². The largest absolute Gasteiger partial charge is 0.465 e. The van der Waals surface area contributed by atoms with Gasteiger partial charge in [0.2, 0.25) is 5.82 Å². The first kappa shape index (κ1) is 11.8. The van der Waals surface area contributed by atoms with Crippen LogP contribution in [0.4, 0.5) is 5.69 Å². The van der Waals surface area contributed by atoms with E-state index < -0.39 is 11.9 Å². The lowest BCUT2D eigenvalue weighted by molar-refractivity contribution is 0.0600. The van der Waals surface area contributed by atoms with Crippen molar-refractivity contribution in [3.63, 3.8) is 0 Å². The highest BCUT2D eigenvalue weighted by atomic mass is 16.5. The third kappa shape index (κ3) is 2.51. The summed E-state index contributed by atoms with van der Waals surface area (Å²) in [4.78, 5) is 26.7. The van der Waals surface area contributed by atoms with Crippen molar-refractivity contribution < 1.29 is 14.3 Å². The SMILES string of the molecule is COC(=O)c1cccc(NC(=O)c2ncn[nH]2)c1. The van der Waals surface area contributed by atoms with Crippen LogP contribution in [0.15, 0.2) is 30.6 Å². The molecule has 0 fully saturated rings. The second kappa shape index (κ2) is 5.09. The number of methoxy groups -OCH3 is 1. The molecule has 0 aliphatic carbocycles. The molecule has 7 nitrogen and oxygen atoms in total. The fourth-order valence-electron chi connectivity index (χ4n) is 1.35. The molecule has 1 heterocycles. The van der Waals surface area contributed by atoms with Crippen molar-refractivity contribution in [3.05, 3.63) is 42.0 Å². The number of aromatic amines is 1. The molecular formula is C11H10N4O3. The zero-order valence-corrected chi connectivity index (χ0v) is 9.51. The molecule has 1 aromatic carbocycles. The van der Waals surface area contributed by atoms with Crippen LogP contribution in [0.25, 0.3) is 0 Å². The van der Waals surface area contributed by atoms with Gasteiger partial charge in [-0.25, -0.2) is 9.78 Å². The van der Waals surface area contributed by atoms with Gasteiger partial charge >= 0.3 is 5.97 Å². The van der Waals surface area contributed by atoms with E-state index >= 15 is 0 Å². The van der Waals surface area contributed by atoms with Crippen LogP contribution >= 0.6 is 0 Å². The molecule has 0 radical (unpaired) electrons. The maximum Gasteiger partial charge on any atom is 0.337 e. The van der Waals surface area contributed by atoms with Crippen LogP contribution in [-0.2, 0) is 4.74 Å². The number of hydrogen-bond donors (Lipinski definition) is 2. The third-order valence-electron chi connectivity index (χ3n) is 2.17. The fourth-order valence-corrected chi connectivity index (χ4v) is 1.35. The molecule has 7 heteroatoms. The number of ether oxygens (including phenoxy) is 1. The lowest BCUT2D eigenvalue weighted by Gasteiger charge is -2.04. The van der Waals surface area contributed by atoms with Crippen molar-refractivity contribution in [3.8, 4) is 0 Å². The number of benzene rings is 1. The number of rotatable bonds is 3. The molecule has 0 aliphatic rings. The zero-order valence-electron chi connectivity index (χ0n) is 9.51. The highest BCUT2D eigenvalue weighted by Gasteiger charge is 2.10. The molecule has 0 aliphatic heterocycles. The lowest BCUT2D eigenvalue weighted by atomic mass is 10.2. The molecule has 2 aromatic rings. The molecule has 0 unspecified atom stereocenters. The Morgan fingerprint density at radius 3 is 2.89 bits per heavy atom. The van der Waals surface area contributed by atoms with Crippen LogP contribution in [0.5, 0.6) is 0 Å². The molecule has 92 valence electrons. The van der Waals surface area contributed by atoms with Crippen LogP contribution in [0, 0.1) is 0 Å². The fraction of sp³-hybridized carbons (Fsp3) is 0.0909. The first-order chi connectivity index (χ1) is 8.70. The van der Waals surface area contributed by atoms with Crippen LogP contribution in [0.2, 0.25) is 0 Å². The Morgan fingerprint density at radius 2 is 2.22 bits per heavy atom. The standard InChI is InChI=1S/C11H10N4O3/c1-18-11(17)7-3-2-4-8(5-7)14-10(16)9-12-6-13-15-9/h2-6H,1H3,(H,14,16)(H,12,13,15). The minimum atomic E-state index is -0.467. The van der Waals surface area contributed by atoms with Gasteiger partial charge in [0.25, 0.3) is 5.91 Å². The number of hydrogen-bond acceptors (Lipinski definition) is 5. The summed E-state index contributed by atoms with van der Waals surface area (Å²) in [5.74, 6) is -0.807. The smallest absolute Gasteiger partial charge is 0.337 e. The summed E-state index contributed by atoms with van der Waals surface area (Å²) >= 11 is 0. The van der Waals surface area contributed by atoms with E-state index in [1.54, 1.807) is 18.2 Å². The average Bonchev–Trinajstić information content (AvgIpc) is 2.92. The van der Waals surface area contributed by atoms with Crippen LogP contribution < -0.4 is 5.32 Å². The highest BCUT2D eigenvalue weighted by molar-refractivity contribution is 6.02. The summed E-state index contributed by atoms with van der Waals surface area (Å²) in [5.41, 5.74) is 0.826. The average molecular weight is 246 g/mol. The van der Waals surface area contributed by atoms with Gasteiger partial charge in [-0.05, 0) is 18.2 Å². The summed E-state index contributed by atoms with van der Waals surface area (Å²) in [6.07, 6.45) is 1.24. The highest BCUT2D eigenvalue weighted by Crippen LogP contribution is 2.12. The molecule has 2 rings (SSSR count). The number of H-pyrrole nitrogens is 1. The number of anilines is 1. The van der Waals surface area contributed by atoms with Gasteiger partial charge in [0.05, 0.1) is 12.7 Å². The molecular weight excluding hydrogens is 236 g/mol. The molecule has 0 bridgehead atoms. The molecule has 0 spiro atoms. The van der Waals surface area contributed by atoms with Crippen molar-refractivity contribution >= 4 is 17.6 Å². The molecule has 2 N–H and O–H groups in total. The van der Waals surface area contributed by atoms with Gasteiger partial charge in [-0.1, -0.05) is 6.07 Å². The number of aromatic nitrogens is 3. The first-order valence-corrected chi connectivity index (χ1v) is 5.06. The minimum Gasteiger partial charge on any atom is -0.465 e. The predicted octanol–water partition coefficient (Wildman–Crippen LogP) is 0.844. The van der Waals surface area contributed by atoms with E-state index in [1.165, 1.54) is 19.5 Å². The lowest BCUT2D eigenvalue weighted by Crippen LogP contribution is -2.14. The van der Waals surface area contributed by atoms with E-state index in [0.717, 1.165) is 0 Å². The van der Waals surface area contributed by atoms with Crippen LogP contribution in [0.1, 0.15) is 21.0 Å². The van der Waals surface area contributed by atoms with Gasteiger partial charge in [-0.2, -0.15) is 5.10 Å². The minimum absolute atomic E-state index is 0.0958. The van der Waals surface area contributed by atoms with Crippen LogP contribution in [0.3, 0.4) is 0 Å². The maximum absolute atomic E-state index is 11.7. The number of esters is 1. The second-order valence-electron chi connectivity index (χ2n) is 3.36. The summed E-state index contributed by atoms with van der Waals surface area (Å²) in [7, 11) is 1.29.